The van der Waals surface area contributed by atoms with E-state index in [2.05, 4.69) is 27.9 Å². The Kier molecular flexibility index (Phi) is 5.42. The molecule has 2 heterocycles. The van der Waals surface area contributed by atoms with Gasteiger partial charge in [0, 0.05) is 17.6 Å². The first-order valence-corrected chi connectivity index (χ1v) is 7.55. The molecule has 1 atom stereocenters. The van der Waals surface area contributed by atoms with Crippen molar-refractivity contribution in [1.82, 2.24) is 15.6 Å². The lowest BCUT2D eigenvalue weighted by molar-refractivity contribution is 0.348. The van der Waals surface area contributed by atoms with E-state index >= 15 is 0 Å². The summed E-state index contributed by atoms with van der Waals surface area (Å²) in [6.45, 7) is 6.55. The number of nitrogens with zero attached hydrogens (tertiary/aromatic N) is 1. The summed E-state index contributed by atoms with van der Waals surface area (Å²) >= 11 is 1.75. The number of aryl methyl sites for hydroxylation is 1. The second-order valence-electron chi connectivity index (χ2n) is 4.91. The van der Waals surface area contributed by atoms with Gasteiger partial charge in [-0.25, -0.2) is 4.98 Å². The van der Waals surface area contributed by atoms with Crippen molar-refractivity contribution >= 4 is 11.3 Å². The maximum absolute atomic E-state index is 4.44. The quantitative estimate of drug-likeness (QED) is 0.764. The topological polar surface area (TPSA) is 37.0 Å². The Morgan fingerprint density at radius 2 is 2.53 bits per heavy atom. The van der Waals surface area contributed by atoms with Gasteiger partial charge in [-0.3, -0.25) is 0 Å². The summed E-state index contributed by atoms with van der Waals surface area (Å²) in [6, 6.07) is 0. The number of rotatable bonds is 6. The normalized spacial score (nSPS) is 20.6. The molecule has 1 aliphatic rings. The zero-order valence-corrected chi connectivity index (χ0v) is 11.5. The Bertz CT molecular complexity index is 318. The molecule has 1 unspecified atom stereocenters. The van der Waals surface area contributed by atoms with Crippen molar-refractivity contribution in [3.63, 3.8) is 0 Å². The number of piperidine rings is 1. The SMILES string of the molecule is Cc1csc(CNCCCC2CCCNC2)n1. The monoisotopic (exact) mass is 253 g/mol. The lowest BCUT2D eigenvalue weighted by Crippen LogP contribution is -2.30. The van der Waals surface area contributed by atoms with Crippen molar-refractivity contribution in [2.45, 2.75) is 39.2 Å². The summed E-state index contributed by atoms with van der Waals surface area (Å²) < 4.78 is 0. The van der Waals surface area contributed by atoms with E-state index in [9.17, 15) is 0 Å². The predicted molar refractivity (Wildman–Crippen MR) is 73.4 cm³/mol. The molecule has 17 heavy (non-hydrogen) atoms. The average molecular weight is 253 g/mol. The van der Waals surface area contributed by atoms with E-state index in [0.29, 0.717) is 0 Å². The first kappa shape index (κ1) is 13.0. The maximum Gasteiger partial charge on any atom is 0.107 e. The van der Waals surface area contributed by atoms with E-state index in [4.69, 9.17) is 0 Å². The number of aromatic nitrogens is 1. The van der Waals surface area contributed by atoms with E-state index in [-0.39, 0.29) is 0 Å². The van der Waals surface area contributed by atoms with Gasteiger partial charge in [0.25, 0.3) is 0 Å². The molecule has 1 aromatic rings. The summed E-state index contributed by atoms with van der Waals surface area (Å²) in [7, 11) is 0. The first-order valence-electron chi connectivity index (χ1n) is 6.67. The molecule has 0 aliphatic carbocycles. The molecule has 0 bridgehead atoms. The molecule has 4 heteroatoms. The highest BCUT2D eigenvalue weighted by atomic mass is 32.1. The van der Waals surface area contributed by atoms with Crippen molar-refractivity contribution in [2.24, 2.45) is 5.92 Å². The Hall–Kier alpha value is -0.450. The standard InChI is InChI=1S/C13H23N3S/c1-11-10-17-13(16-11)9-15-7-3-5-12-4-2-6-14-8-12/h10,12,14-15H,2-9H2,1H3. The van der Waals surface area contributed by atoms with Crippen molar-refractivity contribution in [2.75, 3.05) is 19.6 Å². The molecule has 2 N–H and O–H groups in total. The highest BCUT2D eigenvalue weighted by Gasteiger charge is 2.11. The van der Waals surface area contributed by atoms with Crippen LogP contribution in [0.3, 0.4) is 0 Å². The lowest BCUT2D eigenvalue weighted by atomic mass is 9.95. The van der Waals surface area contributed by atoms with Gasteiger partial charge in [0.05, 0.1) is 0 Å². The summed E-state index contributed by atoms with van der Waals surface area (Å²) in [5.41, 5.74) is 1.14. The fourth-order valence-corrected chi connectivity index (χ4v) is 3.11. The molecule has 0 radical (unpaired) electrons. The smallest absolute Gasteiger partial charge is 0.107 e. The van der Waals surface area contributed by atoms with E-state index in [1.807, 2.05) is 0 Å². The number of nitrogens with one attached hydrogen (secondary N) is 2. The highest BCUT2D eigenvalue weighted by Crippen LogP contribution is 2.15. The molecule has 1 aliphatic heterocycles. The van der Waals surface area contributed by atoms with Crippen LogP contribution in [-0.2, 0) is 6.54 Å². The predicted octanol–water partition coefficient (Wildman–Crippen LogP) is 2.32. The summed E-state index contributed by atoms with van der Waals surface area (Å²) in [5, 5.41) is 10.3. The van der Waals surface area contributed by atoms with Gasteiger partial charge in [0.1, 0.15) is 5.01 Å². The molecule has 0 aromatic carbocycles. The molecular weight excluding hydrogens is 230 g/mol. The Labute approximate surface area is 108 Å². The highest BCUT2D eigenvalue weighted by molar-refractivity contribution is 7.09. The first-order chi connectivity index (χ1) is 8.34. The van der Waals surface area contributed by atoms with Gasteiger partial charge in [-0.05, 0) is 58.2 Å². The number of hydrogen-bond acceptors (Lipinski definition) is 4. The summed E-state index contributed by atoms with van der Waals surface area (Å²) in [6.07, 6.45) is 5.42. The number of thiazole rings is 1. The van der Waals surface area contributed by atoms with Crippen LogP contribution in [0.4, 0.5) is 0 Å². The van der Waals surface area contributed by atoms with E-state index in [1.54, 1.807) is 11.3 Å². The molecule has 1 saturated heterocycles. The molecule has 0 amide bonds. The molecule has 0 spiro atoms. The van der Waals surface area contributed by atoms with Gasteiger partial charge >= 0.3 is 0 Å². The Morgan fingerprint density at radius 1 is 1.59 bits per heavy atom. The fraction of sp³-hybridized carbons (Fsp3) is 0.769. The van der Waals surface area contributed by atoms with Crippen LogP contribution in [-0.4, -0.2) is 24.6 Å². The van der Waals surface area contributed by atoms with Crippen molar-refractivity contribution < 1.29 is 0 Å². The van der Waals surface area contributed by atoms with Crippen molar-refractivity contribution in [1.29, 1.82) is 0 Å². The van der Waals surface area contributed by atoms with Crippen LogP contribution in [0.25, 0.3) is 0 Å². The third-order valence-corrected chi connectivity index (χ3v) is 4.27. The summed E-state index contributed by atoms with van der Waals surface area (Å²) in [4.78, 5) is 4.44. The Balaban J connectivity index is 1.51. The van der Waals surface area contributed by atoms with Crippen LogP contribution in [0.5, 0.6) is 0 Å². The van der Waals surface area contributed by atoms with E-state index in [0.717, 1.165) is 24.7 Å². The molecule has 0 saturated carbocycles. The fourth-order valence-electron chi connectivity index (χ4n) is 2.37. The van der Waals surface area contributed by atoms with Crippen LogP contribution < -0.4 is 10.6 Å². The molecule has 1 aromatic heterocycles. The van der Waals surface area contributed by atoms with Crippen LogP contribution >= 0.6 is 11.3 Å². The minimum atomic E-state index is 0.910. The van der Waals surface area contributed by atoms with Crippen molar-refractivity contribution in [3.8, 4) is 0 Å². The lowest BCUT2D eigenvalue weighted by Gasteiger charge is -2.22. The zero-order valence-electron chi connectivity index (χ0n) is 10.7. The van der Waals surface area contributed by atoms with Crippen LogP contribution in [0, 0.1) is 12.8 Å². The van der Waals surface area contributed by atoms with Crippen molar-refractivity contribution in [3.05, 3.63) is 16.1 Å². The zero-order chi connectivity index (χ0) is 11.9. The Morgan fingerprint density at radius 3 is 3.24 bits per heavy atom. The maximum atomic E-state index is 4.44. The minimum Gasteiger partial charge on any atom is -0.316 e. The molecule has 2 rings (SSSR count). The van der Waals surface area contributed by atoms with Crippen LogP contribution in [0.1, 0.15) is 36.4 Å². The third kappa shape index (κ3) is 4.74. The number of hydrogen-bond donors (Lipinski definition) is 2. The molecule has 3 nitrogen and oxygen atoms in total. The minimum absolute atomic E-state index is 0.910. The van der Waals surface area contributed by atoms with E-state index < -0.39 is 0 Å². The molecule has 96 valence electrons. The van der Waals surface area contributed by atoms with Gasteiger partial charge in [0.2, 0.25) is 0 Å². The largest absolute Gasteiger partial charge is 0.316 e. The van der Waals surface area contributed by atoms with Gasteiger partial charge < -0.3 is 10.6 Å². The third-order valence-electron chi connectivity index (χ3n) is 3.31. The second kappa shape index (κ2) is 7.09. The van der Waals surface area contributed by atoms with E-state index in [1.165, 1.54) is 43.8 Å². The molecule has 1 fully saturated rings. The second-order valence-corrected chi connectivity index (χ2v) is 5.86. The van der Waals surface area contributed by atoms with Gasteiger partial charge in [0.15, 0.2) is 0 Å². The molecular formula is C13H23N3S. The van der Waals surface area contributed by atoms with Crippen LogP contribution in [0.2, 0.25) is 0 Å². The van der Waals surface area contributed by atoms with Crippen LogP contribution in [0.15, 0.2) is 5.38 Å². The summed E-state index contributed by atoms with van der Waals surface area (Å²) in [5.74, 6) is 0.910. The average Bonchev–Trinajstić information content (AvgIpc) is 2.76. The van der Waals surface area contributed by atoms with Gasteiger partial charge in [-0.15, -0.1) is 11.3 Å². The van der Waals surface area contributed by atoms with Gasteiger partial charge in [-0.1, -0.05) is 0 Å². The van der Waals surface area contributed by atoms with Gasteiger partial charge in [-0.2, -0.15) is 0 Å².